The highest BCUT2D eigenvalue weighted by Crippen LogP contribution is 2.21. The Hall–Kier alpha value is -2.70. The van der Waals surface area contributed by atoms with Gasteiger partial charge in [0.05, 0.1) is 5.56 Å². The van der Waals surface area contributed by atoms with E-state index in [-0.39, 0.29) is 22.7 Å². The maximum Gasteiger partial charge on any atom is 0.387 e. The lowest BCUT2D eigenvalue weighted by Gasteiger charge is -2.09. The zero-order chi connectivity index (χ0) is 15.4. The molecule has 0 spiro atoms. The molecule has 0 heterocycles. The lowest BCUT2D eigenvalue weighted by atomic mass is 10.1. The normalized spacial score (nSPS) is 10.5. The Bertz CT molecular complexity index is 662. The van der Waals surface area contributed by atoms with Crippen molar-refractivity contribution in [2.24, 2.45) is 0 Å². The fourth-order valence-electron chi connectivity index (χ4n) is 1.67. The topological polar surface area (TPSA) is 64.4 Å². The van der Waals surface area contributed by atoms with Crippen LogP contribution in [0.4, 0.5) is 24.5 Å². The van der Waals surface area contributed by atoms with E-state index in [0.29, 0.717) is 0 Å². The molecule has 0 saturated heterocycles. The van der Waals surface area contributed by atoms with Gasteiger partial charge in [-0.1, -0.05) is 6.07 Å². The summed E-state index contributed by atoms with van der Waals surface area (Å²) in [5.74, 6) is -1.36. The molecule has 0 unspecified atom stereocenters. The second kappa shape index (κ2) is 6.17. The van der Waals surface area contributed by atoms with Crippen LogP contribution in [0.1, 0.15) is 10.4 Å². The van der Waals surface area contributed by atoms with E-state index in [1.54, 1.807) is 0 Å². The summed E-state index contributed by atoms with van der Waals surface area (Å²) in [7, 11) is 0. The molecule has 7 heteroatoms. The zero-order valence-electron chi connectivity index (χ0n) is 10.6. The van der Waals surface area contributed by atoms with Crippen LogP contribution in [0, 0.1) is 5.82 Å². The molecule has 2 aromatic carbocycles. The summed E-state index contributed by atoms with van der Waals surface area (Å²) in [5.41, 5.74) is 5.87. The third kappa shape index (κ3) is 3.88. The molecule has 0 aliphatic heterocycles. The third-order valence-corrected chi connectivity index (χ3v) is 2.58. The monoisotopic (exact) mass is 296 g/mol. The van der Waals surface area contributed by atoms with Crippen LogP contribution in [0.25, 0.3) is 0 Å². The zero-order valence-corrected chi connectivity index (χ0v) is 10.6. The predicted molar refractivity (Wildman–Crippen MR) is 71.8 cm³/mol. The Balaban J connectivity index is 2.17. The van der Waals surface area contributed by atoms with Crippen molar-refractivity contribution in [1.29, 1.82) is 0 Å². The largest absolute Gasteiger partial charge is 0.435 e. The molecule has 4 nitrogen and oxygen atoms in total. The molecule has 21 heavy (non-hydrogen) atoms. The summed E-state index contributed by atoms with van der Waals surface area (Å²) in [5, 5.41) is 2.43. The van der Waals surface area contributed by atoms with Gasteiger partial charge in [-0.15, -0.1) is 0 Å². The minimum atomic E-state index is -2.96. The molecule has 110 valence electrons. The number of hydrogen-bond donors (Lipinski definition) is 2. The van der Waals surface area contributed by atoms with Crippen molar-refractivity contribution in [2.45, 2.75) is 6.61 Å². The number of nitrogens with one attached hydrogen (secondary N) is 1. The summed E-state index contributed by atoms with van der Waals surface area (Å²) in [4.78, 5) is 12.0. The highest BCUT2D eigenvalue weighted by Gasteiger charge is 2.12. The summed E-state index contributed by atoms with van der Waals surface area (Å²) >= 11 is 0. The number of nitrogen functional groups attached to an aromatic ring is 1. The number of halogens is 3. The van der Waals surface area contributed by atoms with E-state index in [4.69, 9.17) is 5.73 Å². The molecule has 0 aliphatic carbocycles. The van der Waals surface area contributed by atoms with Gasteiger partial charge in [-0.05, 0) is 30.3 Å². The second-order valence-corrected chi connectivity index (χ2v) is 4.09. The van der Waals surface area contributed by atoms with E-state index in [1.807, 2.05) is 0 Å². The SMILES string of the molecule is Nc1ccc(F)cc1C(=O)Nc1cccc(OC(F)F)c1. The van der Waals surface area contributed by atoms with Gasteiger partial charge in [-0.2, -0.15) is 8.78 Å². The number of nitrogens with two attached hydrogens (primary N) is 1. The second-order valence-electron chi connectivity index (χ2n) is 4.09. The van der Waals surface area contributed by atoms with Crippen LogP contribution in [-0.2, 0) is 0 Å². The number of alkyl halides is 2. The van der Waals surface area contributed by atoms with Gasteiger partial charge < -0.3 is 15.8 Å². The maximum atomic E-state index is 13.1. The standard InChI is InChI=1S/C14H11F3N2O2/c15-8-4-5-12(18)11(6-8)13(20)19-9-2-1-3-10(7-9)21-14(16)17/h1-7,14H,18H2,(H,19,20). The fraction of sp³-hybridized carbons (Fsp3) is 0.0714. The average molecular weight is 296 g/mol. The fourth-order valence-corrected chi connectivity index (χ4v) is 1.67. The molecule has 3 N–H and O–H groups in total. The Morgan fingerprint density at radius 2 is 1.95 bits per heavy atom. The van der Waals surface area contributed by atoms with Crippen molar-refractivity contribution < 1.29 is 22.7 Å². The lowest BCUT2D eigenvalue weighted by Crippen LogP contribution is -2.14. The Kier molecular flexibility index (Phi) is 4.32. The highest BCUT2D eigenvalue weighted by atomic mass is 19.3. The van der Waals surface area contributed by atoms with E-state index < -0.39 is 18.3 Å². The quantitative estimate of drug-likeness (QED) is 0.851. The number of rotatable bonds is 4. The van der Waals surface area contributed by atoms with Crippen molar-refractivity contribution in [2.75, 3.05) is 11.1 Å². The van der Waals surface area contributed by atoms with Crippen LogP contribution in [-0.4, -0.2) is 12.5 Å². The number of carbonyl (C=O) groups is 1. The maximum absolute atomic E-state index is 13.1. The first kappa shape index (κ1) is 14.7. The summed E-state index contributed by atoms with van der Waals surface area (Å²) in [6.07, 6.45) is 0. The number of hydrogen-bond acceptors (Lipinski definition) is 3. The third-order valence-electron chi connectivity index (χ3n) is 2.58. The summed E-state index contributed by atoms with van der Waals surface area (Å²) < 4.78 is 41.5. The molecular weight excluding hydrogens is 285 g/mol. The number of benzene rings is 2. The Morgan fingerprint density at radius 1 is 1.19 bits per heavy atom. The van der Waals surface area contributed by atoms with Gasteiger partial charge in [0.15, 0.2) is 0 Å². The predicted octanol–water partition coefficient (Wildman–Crippen LogP) is 3.26. The number of anilines is 2. The molecule has 0 aromatic heterocycles. The van der Waals surface area contributed by atoms with E-state index in [1.165, 1.54) is 30.3 Å². The first-order valence-corrected chi connectivity index (χ1v) is 5.87. The number of carbonyl (C=O) groups excluding carboxylic acids is 1. The summed E-state index contributed by atoms with van der Waals surface area (Å²) in [6.45, 7) is -2.96. The Labute approximate surface area is 118 Å². The van der Waals surface area contributed by atoms with E-state index in [9.17, 15) is 18.0 Å². The van der Waals surface area contributed by atoms with Crippen LogP contribution in [0.15, 0.2) is 42.5 Å². The van der Waals surface area contributed by atoms with Crippen molar-refractivity contribution in [1.82, 2.24) is 0 Å². The summed E-state index contributed by atoms with van der Waals surface area (Å²) in [6, 6.07) is 8.83. The van der Waals surface area contributed by atoms with Crippen LogP contribution >= 0.6 is 0 Å². The molecule has 2 rings (SSSR count). The number of ether oxygens (including phenoxy) is 1. The molecular formula is C14H11F3N2O2. The van der Waals surface area contributed by atoms with E-state index in [2.05, 4.69) is 10.1 Å². The molecule has 2 aromatic rings. The molecule has 0 bridgehead atoms. The molecule has 0 fully saturated rings. The van der Waals surface area contributed by atoms with Gasteiger partial charge in [0.25, 0.3) is 5.91 Å². The average Bonchev–Trinajstić information content (AvgIpc) is 2.41. The first-order valence-electron chi connectivity index (χ1n) is 5.87. The smallest absolute Gasteiger partial charge is 0.387 e. The van der Waals surface area contributed by atoms with Crippen molar-refractivity contribution in [3.8, 4) is 5.75 Å². The molecule has 0 atom stereocenters. The van der Waals surface area contributed by atoms with Gasteiger partial charge in [0.1, 0.15) is 11.6 Å². The van der Waals surface area contributed by atoms with Crippen LogP contribution in [0.5, 0.6) is 5.75 Å². The van der Waals surface area contributed by atoms with Crippen LogP contribution in [0.2, 0.25) is 0 Å². The van der Waals surface area contributed by atoms with Crippen molar-refractivity contribution in [3.05, 3.63) is 53.8 Å². The van der Waals surface area contributed by atoms with Gasteiger partial charge in [-0.25, -0.2) is 4.39 Å². The Morgan fingerprint density at radius 3 is 2.67 bits per heavy atom. The molecule has 0 saturated carbocycles. The minimum Gasteiger partial charge on any atom is -0.435 e. The molecule has 1 amide bonds. The highest BCUT2D eigenvalue weighted by molar-refractivity contribution is 6.07. The van der Waals surface area contributed by atoms with Gasteiger partial charge in [0.2, 0.25) is 0 Å². The molecule has 0 radical (unpaired) electrons. The first-order chi connectivity index (χ1) is 9.95. The molecule has 0 aliphatic rings. The van der Waals surface area contributed by atoms with Crippen LogP contribution < -0.4 is 15.8 Å². The van der Waals surface area contributed by atoms with Crippen LogP contribution in [0.3, 0.4) is 0 Å². The number of amides is 1. The van der Waals surface area contributed by atoms with Gasteiger partial charge >= 0.3 is 6.61 Å². The van der Waals surface area contributed by atoms with Gasteiger partial charge in [0, 0.05) is 17.4 Å². The lowest BCUT2D eigenvalue weighted by molar-refractivity contribution is -0.0497. The van der Waals surface area contributed by atoms with Gasteiger partial charge in [-0.3, -0.25) is 4.79 Å². The van der Waals surface area contributed by atoms with E-state index >= 15 is 0 Å². The minimum absolute atomic E-state index is 0.0461. The van der Waals surface area contributed by atoms with E-state index in [0.717, 1.165) is 12.1 Å². The van der Waals surface area contributed by atoms with Crippen molar-refractivity contribution >= 4 is 17.3 Å². The van der Waals surface area contributed by atoms with Crippen molar-refractivity contribution in [3.63, 3.8) is 0 Å².